The first-order valence-electron chi connectivity index (χ1n) is 9.40. The number of carbonyl (C=O) groups is 2. The summed E-state index contributed by atoms with van der Waals surface area (Å²) in [5, 5.41) is 7.78. The molecule has 1 saturated heterocycles. The first-order valence-corrected chi connectivity index (χ1v) is 11.2. The van der Waals surface area contributed by atoms with E-state index in [2.05, 4.69) is 10.3 Å². The summed E-state index contributed by atoms with van der Waals surface area (Å²) in [5.74, 6) is -0.803. The van der Waals surface area contributed by atoms with E-state index in [1.54, 1.807) is 45.8 Å². The van der Waals surface area contributed by atoms with Gasteiger partial charge in [0.1, 0.15) is 16.9 Å². The molecule has 0 bridgehead atoms. The predicted molar refractivity (Wildman–Crippen MR) is 112 cm³/mol. The number of amides is 2. The average molecular weight is 430 g/mol. The lowest BCUT2D eigenvalue weighted by molar-refractivity contribution is -0.138. The zero-order chi connectivity index (χ0) is 20.2. The highest BCUT2D eigenvalue weighted by atomic mass is 32.1. The molecule has 29 heavy (non-hydrogen) atoms. The number of benzene rings is 1. The Hall–Kier alpha value is -2.58. The summed E-state index contributed by atoms with van der Waals surface area (Å²) in [6.07, 6.45) is 1.35. The van der Waals surface area contributed by atoms with Crippen LogP contribution in [0.3, 0.4) is 0 Å². The molecule has 0 saturated carbocycles. The summed E-state index contributed by atoms with van der Waals surface area (Å²) in [6, 6.07) is 9.74. The fourth-order valence-corrected chi connectivity index (χ4v) is 5.07. The quantitative estimate of drug-likeness (QED) is 0.647. The Morgan fingerprint density at radius 3 is 2.86 bits per heavy atom. The fraction of sp³-hybridized carbons (Fsp3) is 0.286. The summed E-state index contributed by atoms with van der Waals surface area (Å²) in [7, 11) is 0. The molecule has 1 unspecified atom stereocenters. The number of aromatic nitrogens is 1. The summed E-state index contributed by atoms with van der Waals surface area (Å²) in [4.78, 5) is 32.6. The number of thiazole rings is 1. The van der Waals surface area contributed by atoms with Gasteiger partial charge in [0.05, 0.1) is 23.5 Å². The van der Waals surface area contributed by atoms with Crippen molar-refractivity contribution in [2.45, 2.75) is 31.8 Å². The molecule has 0 radical (unpaired) electrons. The van der Waals surface area contributed by atoms with Gasteiger partial charge in [-0.25, -0.2) is 9.37 Å². The molecule has 1 aliphatic rings. The van der Waals surface area contributed by atoms with Crippen LogP contribution in [0.25, 0.3) is 9.88 Å². The van der Waals surface area contributed by atoms with Crippen LogP contribution in [0.4, 0.5) is 4.39 Å². The monoisotopic (exact) mass is 429 g/mol. The van der Waals surface area contributed by atoms with Crippen molar-refractivity contribution in [3.8, 4) is 9.88 Å². The Labute approximate surface area is 176 Å². The van der Waals surface area contributed by atoms with Gasteiger partial charge in [0, 0.05) is 11.9 Å². The van der Waals surface area contributed by atoms with Crippen molar-refractivity contribution < 1.29 is 14.0 Å². The molecule has 1 fully saturated rings. The van der Waals surface area contributed by atoms with Gasteiger partial charge in [-0.05, 0) is 35.9 Å². The normalized spacial score (nSPS) is 16.2. The minimum absolute atomic E-state index is 0.0350. The van der Waals surface area contributed by atoms with E-state index in [0.29, 0.717) is 25.1 Å². The van der Waals surface area contributed by atoms with Gasteiger partial charge in [-0.2, -0.15) is 0 Å². The van der Waals surface area contributed by atoms with Crippen LogP contribution in [0.5, 0.6) is 0 Å². The average Bonchev–Trinajstić information content (AvgIpc) is 3.48. The van der Waals surface area contributed by atoms with Gasteiger partial charge in [-0.15, -0.1) is 22.7 Å². The number of likely N-dealkylation sites (tertiary alicyclic amines) is 1. The second kappa shape index (κ2) is 8.84. The zero-order valence-electron chi connectivity index (χ0n) is 15.6. The highest BCUT2D eigenvalue weighted by molar-refractivity contribution is 7.20. The summed E-state index contributed by atoms with van der Waals surface area (Å²) in [6.45, 7) is 0.844. The van der Waals surface area contributed by atoms with Crippen molar-refractivity contribution in [1.29, 1.82) is 0 Å². The number of nitrogens with zero attached hydrogens (tertiary/aromatic N) is 2. The number of halogens is 1. The predicted octanol–water partition coefficient (Wildman–Crippen LogP) is 3.86. The van der Waals surface area contributed by atoms with Crippen LogP contribution in [-0.2, 0) is 22.6 Å². The van der Waals surface area contributed by atoms with E-state index >= 15 is 0 Å². The van der Waals surface area contributed by atoms with Crippen molar-refractivity contribution in [1.82, 2.24) is 15.2 Å². The topological polar surface area (TPSA) is 62.3 Å². The van der Waals surface area contributed by atoms with E-state index in [-0.39, 0.29) is 18.2 Å². The van der Waals surface area contributed by atoms with Gasteiger partial charge in [-0.1, -0.05) is 24.3 Å². The number of carbonyl (C=O) groups excluding carboxylic acids is 2. The number of nitrogens with one attached hydrogen (secondary N) is 1. The number of hydrogen-bond acceptors (Lipinski definition) is 5. The summed E-state index contributed by atoms with van der Waals surface area (Å²) < 4.78 is 13.8. The molecule has 3 aromatic rings. The van der Waals surface area contributed by atoms with Gasteiger partial charge in [0.25, 0.3) is 0 Å². The highest BCUT2D eigenvalue weighted by Crippen LogP contribution is 2.27. The van der Waals surface area contributed by atoms with Gasteiger partial charge in [-0.3, -0.25) is 9.59 Å². The Morgan fingerprint density at radius 2 is 2.07 bits per heavy atom. The van der Waals surface area contributed by atoms with Crippen LogP contribution >= 0.6 is 22.7 Å². The lowest BCUT2D eigenvalue weighted by atomic mass is 10.1. The molecule has 2 amide bonds. The van der Waals surface area contributed by atoms with E-state index in [1.807, 2.05) is 22.9 Å². The van der Waals surface area contributed by atoms with Gasteiger partial charge in [0.2, 0.25) is 11.8 Å². The SMILES string of the molecule is O=C(NCc1csc(-c2cccs2)n1)C1CCCN1C(=O)Cc1ccccc1F. The second-order valence-corrected chi connectivity index (χ2v) is 8.66. The van der Waals surface area contributed by atoms with Crippen molar-refractivity contribution >= 4 is 34.5 Å². The number of rotatable bonds is 6. The van der Waals surface area contributed by atoms with Crippen LogP contribution in [0, 0.1) is 5.82 Å². The van der Waals surface area contributed by atoms with Crippen molar-refractivity contribution in [2.75, 3.05) is 6.54 Å². The maximum atomic E-state index is 13.8. The first kappa shape index (κ1) is 19.7. The number of thiophene rings is 1. The summed E-state index contributed by atoms with van der Waals surface area (Å²) >= 11 is 3.18. The molecule has 1 aromatic carbocycles. The molecular formula is C21H20FN3O2S2. The Bertz CT molecular complexity index is 1000. The Balaban J connectivity index is 1.35. The Morgan fingerprint density at radius 1 is 1.21 bits per heavy atom. The minimum Gasteiger partial charge on any atom is -0.349 e. The maximum Gasteiger partial charge on any atom is 0.243 e. The van der Waals surface area contributed by atoms with E-state index in [4.69, 9.17) is 0 Å². The third-order valence-corrected chi connectivity index (χ3v) is 6.83. The minimum atomic E-state index is -0.510. The van der Waals surface area contributed by atoms with Crippen molar-refractivity contribution in [2.24, 2.45) is 0 Å². The van der Waals surface area contributed by atoms with E-state index in [0.717, 1.165) is 22.0 Å². The molecule has 3 heterocycles. The van der Waals surface area contributed by atoms with E-state index in [1.165, 1.54) is 6.07 Å². The Kier molecular flexibility index (Phi) is 6.01. The molecule has 5 nitrogen and oxygen atoms in total. The molecule has 150 valence electrons. The molecule has 2 aromatic heterocycles. The molecule has 0 aliphatic carbocycles. The largest absolute Gasteiger partial charge is 0.349 e. The highest BCUT2D eigenvalue weighted by Gasteiger charge is 2.34. The van der Waals surface area contributed by atoms with Gasteiger partial charge in [0.15, 0.2) is 0 Å². The zero-order valence-corrected chi connectivity index (χ0v) is 17.3. The third kappa shape index (κ3) is 4.54. The van der Waals surface area contributed by atoms with Gasteiger partial charge < -0.3 is 10.2 Å². The van der Waals surface area contributed by atoms with Crippen LogP contribution in [0.2, 0.25) is 0 Å². The standard InChI is InChI=1S/C21H20FN3O2S2/c22-16-6-2-1-5-14(16)11-19(26)25-9-3-7-17(25)20(27)23-12-15-13-29-21(24-15)18-8-4-10-28-18/h1-2,4-6,8,10,13,17H,3,7,9,11-12H2,(H,23,27). The second-order valence-electron chi connectivity index (χ2n) is 6.85. The molecule has 1 atom stereocenters. The van der Waals surface area contributed by atoms with Gasteiger partial charge >= 0.3 is 0 Å². The molecule has 1 N–H and O–H groups in total. The first-order chi connectivity index (χ1) is 14.1. The maximum absolute atomic E-state index is 13.8. The van der Waals surface area contributed by atoms with Crippen LogP contribution in [-0.4, -0.2) is 34.3 Å². The molecule has 8 heteroatoms. The fourth-order valence-electron chi connectivity index (χ4n) is 3.44. The number of hydrogen-bond donors (Lipinski definition) is 1. The van der Waals surface area contributed by atoms with E-state index in [9.17, 15) is 14.0 Å². The smallest absolute Gasteiger partial charge is 0.243 e. The van der Waals surface area contributed by atoms with Crippen LogP contribution in [0.15, 0.2) is 47.2 Å². The molecule has 1 aliphatic heterocycles. The molecule has 4 rings (SSSR count). The summed E-state index contributed by atoms with van der Waals surface area (Å²) in [5.41, 5.74) is 1.15. The van der Waals surface area contributed by atoms with Crippen molar-refractivity contribution in [3.05, 3.63) is 64.2 Å². The van der Waals surface area contributed by atoms with Crippen molar-refractivity contribution in [3.63, 3.8) is 0 Å². The molecular weight excluding hydrogens is 409 g/mol. The lowest BCUT2D eigenvalue weighted by Gasteiger charge is -2.24. The van der Waals surface area contributed by atoms with E-state index < -0.39 is 11.9 Å². The van der Waals surface area contributed by atoms with Crippen LogP contribution in [0.1, 0.15) is 24.1 Å². The third-order valence-electron chi connectivity index (χ3n) is 4.90. The lowest BCUT2D eigenvalue weighted by Crippen LogP contribution is -2.46. The molecule has 0 spiro atoms. The van der Waals surface area contributed by atoms with Crippen LogP contribution < -0.4 is 5.32 Å².